The summed E-state index contributed by atoms with van der Waals surface area (Å²) in [5.41, 5.74) is 2.91. The molecule has 3 nitrogen and oxygen atoms in total. The highest BCUT2D eigenvalue weighted by molar-refractivity contribution is 6.33. The van der Waals surface area contributed by atoms with Crippen molar-refractivity contribution in [3.05, 3.63) is 23.0 Å². The average molecular weight is 298 g/mol. The lowest BCUT2D eigenvalue weighted by Crippen LogP contribution is -2.21. The van der Waals surface area contributed by atoms with Gasteiger partial charge in [-0.3, -0.25) is 4.79 Å². The van der Waals surface area contributed by atoms with Gasteiger partial charge in [0.2, 0.25) is 0 Å². The minimum Gasteiger partial charge on any atom is -0.378 e. The Morgan fingerprint density at radius 1 is 1.50 bits per heavy atom. The first-order chi connectivity index (χ1) is 9.50. The highest BCUT2D eigenvalue weighted by Crippen LogP contribution is 2.21. The summed E-state index contributed by atoms with van der Waals surface area (Å²) in [6, 6.07) is 1.96. The van der Waals surface area contributed by atoms with Crippen molar-refractivity contribution in [3.8, 4) is 0 Å². The molecule has 0 spiro atoms. The number of carbonyl (C=O) groups excluding carboxylic acids is 1. The van der Waals surface area contributed by atoms with Crippen LogP contribution in [0.25, 0.3) is 0 Å². The van der Waals surface area contributed by atoms with Gasteiger partial charge in [0.05, 0.1) is 11.5 Å². The lowest BCUT2D eigenvalue weighted by Gasteiger charge is -2.23. The van der Waals surface area contributed by atoms with Crippen LogP contribution in [0.4, 0.5) is 0 Å². The van der Waals surface area contributed by atoms with Crippen LogP contribution in [0.15, 0.2) is 6.07 Å². The molecule has 1 aromatic rings. The lowest BCUT2D eigenvalue weighted by atomic mass is 10.1. The Balaban J connectivity index is 2.06. The first kappa shape index (κ1) is 15.6. The van der Waals surface area contributed by atoms with E-state index in [2.05, 4.69) is 4.57 Å². The standard InChI is InChI=1S/C16H24ClNO2/c1-11-10-15(16(19)12(2)17)13(3)18(11)8-7-14-6-4-5-9-20-14/h10,12,14H,4-9H2,1-3H3. The zero-order valence-corrected chi connectivity index (χ0v) is 13.4. The molecular formula is C16H24ClNO2. The Bertz CT molecular complexity index is 473. The second kappa shape index (κ2) is 6.77. The second-order valence-corrected chi connectivity index (χ2v) is 6.35. The molecule has 0 amide bonds. The summed E-state index contributed by atoms with van der Waals surface area (Å²) in [5, 5.41) is -0.467. The largest absolute Gasteiger partial charge is 0.378 e. The van der Waals surface area contributed by atoms with E-state index >= 15 is 0 Å². The zero-order chi connectivity index (χ0) is 14.7. The molecule has 2 rings (SSSR count). The maximum atomic E-state index is 12.1. The minimum atomic E-state index is -0.467. The Hall–Kier alpha value is -0.800. The maximum Gasteiger partial charge on any atom is 0.182 e. The third-order valence-corrected chi connectivity index (χ3v) is 4.35. The number of aromatic nitrogens is 1. The Labute approximate surface area is 126 Å². The van der Waals surface area contributed by atoms with Crippen molar-refractivity contribution in [2.45, 2.75) is 64.5 Å². The molecule has 4 heteroatoms. The Kier molecular flexibility index (Phi) is 5.28. The number of nitrogens with zero attached hydrogens (tertiary/aromatic N) is 1. The molecule has 0 bridgehead atoms. The third kappa shape index (κ3) is 3.44. The van der Waals surface area contributed by atoms with E-state index in [4.69, 9.17) is 16.3 Å². The van der Waals surface area contributed by atoms with Crippen LogP contribution in [0.3, 0.4) is 0 Å². The van der Waals surface area contributed by atoms with Crippen molar-refractivity contribution in [1.29, 1.82) is 0 Å². The number of hydrogen-bond acceptors (Lipinski definition) is 2. The van der Waals surface area contributed by atoms with Gasteiger partial charge in [-0.1, -0.05) is 0 Å². The number of ether oxygens (including phenoxy) is 1. The van der Waals surface area contributed by atoms with Gasteiger partial charge < -0.3 is 9.30 Å². The maximum absolute atomic E-state index is 12.1. The fourth-order valence-corrected chi connectivity index (χ4v) is 3.03. The van der Waals surface area contributed by atoms with E-state index in [0.29, 0.717) is 6.10 Å². The molecule has 1 aromatic heterocycles. The zero-order valence-electron chi connectivity index (χ0n) is 12.6. The highest BCUT2D eigenvalue weighted by atomic mass is 35.5. The van der Waals surface area contributed by atoms with Crippen molar-refractivity contribution in [2.75, 3.05) is 6.61 Å². The molecule has 0 radical (unpaired) electrons. The monoisotopic (exact) mass is 297 g/mol. The molecule has 0 saturated carbocycles. The Morgan fingerprint density at radius 3 is 2.85 bits per heavy atom. The number of hydrogen-bond donors (Lipinski definition) is 0. The summed E-state index contributed by atoms with van der Waals surface area (Å²) >= 11 is 5.92. The minimum absolute atomic E-state index is 0.0138. The predicted molar refractivity (Wildman–Crippen MR) is 81.8 cm³/mol. The van der Waals surface area contributed by atoms with Crippen LogP contribution in [0, 0.1) is 13.8 Å². The quantitative estimate of drug-likeness (QED) is 0.610. The van der Waals surface area contributed by atoms with Crippen molar-refractivity contribution in [1.82, 2.24) is 4.57 Å². The molecule has 1 aliphatic rings. The van der Waals surface area contributed by atoms with Gasteiger partial charge >= 0.3 is 0 Å². The second-order valence-electron chi connectivity index (χ2n) is 5.69. The van der Waals surface area contributed by atoms with Crippen LogP contribution in [0.5, 0.6) is 0 Å². The van der Waals surface area contributed by atoms with Crippen LogP contribution >= 0.6 is 11.6 Å². The molecule has 1 saturated heterocycles. The normalized spacial score (nSPS) is 20.9. The van der Waals surface area contributed by atoms with E-state index in [1.165, 1.54) is 12.8 Å². The van der Waals surface area contributed by atoms with E-state index in [-0.39, 0.29) is 5.78 Å². The van der Waals surface area contributed by atoms with Gasteiger partial charge in [-0.15, -0.1) is 11.6 Å². The van der Waals surface area contributed by atoms with Gasteiger partial charge in [0, 0.05) is 30.1 Å². The van der Waals surface area contributed by atoms with Gasteiger partial charge in [-0.05, 0) is 52.5 Å². The summed E-state index contributed by atoms with van der Waals surface area (Å²) < 4.78 is 7.98. The summed E-state index contributed by atoms with van der Waals surface area (Å²) in [6.07, 6.45) is 4.99. The van der Waals surface area contributed by atoms with E-state index < -0.39 is 5.38 Å². The molecule has 1 fully saturated rings. The van der Waals surface area contributed by atoms with E-state index in [9.17, 15) is 4.79 Å². The number of Topliss-reactive ketones (excluding diaryl/α,β-unsaturated/α-hetero) is 1. The summed E-state index contributed by atoms with van der Waals surface area (Å²) in [4.78, 5) is 12.1. The average Bonchev–Trinajstić information content (AvgIpc) is 2.72. The summed E-state index contributed by atoms with van der Waals surface area (Å²) in [5.74, 6) is 0.0138. The first-order valence-corrected chi connectivity index (χ1v) is 7.91. The smallest absolute Gasteiger partial charge is 0.182 e. The van der Waals surface area contributed by atoms with Gasteiger partial charge in [0.1, 0.15) is 0 Å². The number of halogens is 1. The molecule has 1 aliphatic heterocycles. The fourth-order valence-electron chi connectivity index (χ4n) is 2.92. The van der Waals surface area contributed by atoms with E-state index in [1.807, 2.05) is 19.9 Å². The van der Waals surface area contributed by atoms with Crippen molar-refractivity contribution < 1.29 is 9.53 Å². The highest BCUT2D eigenvalue weighted by Gasteiger charge is 2.20. The Morgan fingerprint density at radius 2 is 2.25 bits per heavy atom. The van der Waals surface area contributed by atoms with Gasteiger partial charge in [0.15, 0.2) is 5.78 Å². The van der Waals surface area contributed by atoms with Gasteiger partial charge in [-0.25, -0.2) is 0 Å². The summed E-state index contributed by atoms with van der Waals surface area (Å²) in [6.45, 7) is 7.57. The topological polar surface area (TPSA) is 31.2 Å². The molecule has 20 heavy (non-hydrogen) atoms. The fraction of sp³-hybridized carbons (Fsp3) is 0.688. The van der Waals surface area contributed by atoms with Crippen LogP contribution < -0.4 is 0 Å². The predicted octanol–water partition coefficient (Wildman–Crippen LogP) is 3.87. The molecule has 2 heterocycles. The number of alkyl halides is 1. The SMILES string of the molecule is Cc1cc(C(=O)C(C)Cl)c(C)n1CCC1CCCCO1. The number of aryl methyl sites for hydroxylation is 1. The lowest BCUT2D eigenvalue weighted by molar-refractivity contribution is 0.00868. The molecule has 0 N–H and O–H groups in total. The molecule has 0 aromatic carbocycles. The van der Waals surface area contributed by atoms with Crippen LogP contribution in [-0.2, 0) is 11.3 Å². The number of rotatable bonds is 5. The van der Waals surface area contributed by atoms with Crippen LogP contribution in [0.1, 0.15) is 54.4 Å². The molecule has 2 atom stereocenters. The summed E-state index contributed by atoms with van der Waals surface area (Å²) in [7, 11) is 0. The molecular weight excluding hydrogens is 274 g/mol. The molecule has 2 unspecified atom stereocenters. The molecule has 112 valence electrons. The third-order valence-electron chi connectivity index (χ3n) is 4.15. The van der Waals surface area contributed by atoms with E-state index in [0.717, 1.165) is 42.9 Å². The van der Waals surface area contributed by atoms with E-state index in [1.54, 1.807) is 6.92 Å². The van der Waals surface area contributed by atoms with Crippen molar-refractivity contribution >= 4 is 17.4 Å². The number of carbonyl (C=O) groups is 1. The first-order valence-electron chi connectivity index (χ1n) is 7.47. The van der Waals surface area contributed by atoms with Crippen molar-refractivity contribution in [3.63, 3.8) is 0 Å². The number of ketones is 1. The van der Waals surface area contributed by atoms with Crippen LogP contribution in [0.2, 0.25) is 0 Å². The van der Waals surface area contributed by atoms with Crippen LogP contribution in [-0.4, -0.2) is 28.4 Å². The van der Waals surface area contributed by atoms with Gasteiger partial charge in [-0.2, -0.15) is 0 Å². The van der Waals surface area contributed by atoms with Crippen molar-refractivity contribution in [2.24, 2.45) is 0 Å². The van der Waals surface area contributed by atoms with Gasteiger partial charge in [0.25, 0.3) is 0 Å². The molecule has 0 aliphatic carbocycles.